The Balaban J connectivity index is 1.81. The number of aryl methyl sites for hydroxylation is 1. The minimum atomic E-state index is -0.400. The predicted octanol–water partition coefficient (Wildman–Crippen LogP) is 2.55. The summed E-state index contributed by atoms with van der Waals surface area (Å²) in [6.07, 6.45) is 6.21. The van der Waals surface area contributed by atoms with Crippen LogP contribution in [0.3, 0.4) is 0 Å². The Hall–Kier alpha value is -2.37. The SMILES string of the molecule is O=[N+]([O-])c1ccc(Nn2cnc3c2CCCC3)cc1. The van der Waals surface area contributed by atoms with Crippen LogP contribution in [0.25, 0.3) is 0 Å². The van der Waals surface area contributed by atoms with Crippen LogP contribution >= 0.6 is 0 Å². The van der Waals surface area contributed by atoms with Crippen molar-refractivity contribution in [3.05, 3.63) is 52.1 Å². The van der Waals surface area contributed by atoms with Crippen LogP contribution < -0.4 is 5.43 Å². The molecule has 6 nitrogen and oxygen atoms in total. The summed E-state index contributed by atoms with van der Waals surface area (Å²) in [4.78, 5) is 14.6. The van der Waals surface area contributed by atoms with Gasteiger partial charge in [-0.1, -0.05) is 0 Å². The summed E-state index contributed by atoms with van der Waals surface area (Å²) < 4.78 is 1.91. The van der Waals surface area contributed by atoms with Crippen LogP contribution in [0.2, 0.25) is 0 Å². The summed E-state index contributed by atoms with van der Waals surface area (Å²) in [6.45, 7) is 0. The molecule has 0 atom stereocenters. The number of non-ortho nitro benzene ring substituents is 1. The summed E-state index contributed by atoms with van der Waals surface area (Å²) in [5.41, 5.74) is 6.49. The van der Waals surface area contributed by atoms with Gasteiger partial charge in [-0.15, -0.1) is 0 Å². The minimum absolute atomic E-state index is 0.0956. The number of nitro groups is 1. The molecule has 0 bridgehead atoms. The number of hydrogen-bond donors (Lipinski definition) is 1. The normalized spacial score (nSPS) is 13.9. The Morgan fingerprint density at radius 2 is 1.95 bits per heavy atom. The van der Waals surface area contributed by atoms with Crippen molar-refractivity contribution in [1.82, 2.24) is 9.66 Å². The standard InChI is InChI=1S/C13H14N4O2/c18-17(19)11-7-5-10(6-8-11)15-16-9-14-12-3-1-2-4-13(12)16/h5-9,15H,1-4H2. The smallest absolute Gasteiger partial charge is 0.269 e. The molecule has 0 radical (unpaired) electrons. The third-order valence-electron chi connectivity index (χ3n) is 3.36. The first-order valence-electron chi connectivity index (χ1n) is 6.30. The summed E-state index contributed by atoms with van der Waals surface area (Å²) in [5.74, 6) is 0. The number of nitrogens with zero attached hydrogens (tertiary/aromatic N) is 3. The van der Waals surface area contributed by atoms with Crippen LogP contribution in [-0.4, -0.2) is 14.6 Å². The molecular formula is C13H14N4O2. The van der Waals surface area contributed by atoms with Crippen LogP contribution in [0.15, 0.2) is 30.6 Å². The monoisotopic (exact) mass is 258 g/mol. The van der Waals surface area contributed by atoms with E-state index in [9.17, 15) is 10.1 Å². The second-order valence-corrected chi connectivity index (χ2v) is 4.63. The quantitative estimate of drug-likeness (QED) is 0.678. The summed E-state index contributed by atoms with van der Waals surface area (Å²) in [7, 11) is 0. The Morgan fingerprint density at radius 1 is 1.21 bits per heavy atom. The van der Waals surface area contributed by atoms with Gasteiger partial charge < -0.3 is 0 Å². The van der Waals surface area contributed by atoms with E-state index in [0.717, 1.165) is 24.2 Å². The van der Waals surface area contributed by atoms with E-state index in [1.807, 2.05) is 4.68 Å². The van der Waals surface area contributed by atoms with Crippen LogP contribution in [0, 0.1) is 10.1 Å². The van der Waals surface area contributed by atoms with Crippen LogP contribution in [-0.2, 0) is 12.8 Å². The lowest BCUT2D eigenvalue weighted by Gasteiger charge is -2.15. The first-order chi connectivity index (χ1) is 9.24. The zero-order valence-electron chi connectivity index (χ0n) is 10.4. The van der Waals surface area contributed by atoms with E-state index >= 15 is 0 Å². The van der Waals surface area contributed by atoms with Crippen molar-refractivity contribution in [3.8, 4) is 0 Å². The highest BCUT2D eigenvalue weighted by molar-refractivity contribution is 5.48. The molecule has 0 saturated carbocycles. The Bertz CT molecular complexity index is 604. The number of aromatic nitrogens is 2. The van der Waals surface area contributed by atoms with Gasteiger partial charge in [0.25, 0.3) is 5.69 Å². The van der Waals surface area contributed by atoms with Gasteiger partial charge in [-0.05, 0) is 37.8 Å². The molecule has 0 saturated heterocycles. The molecule has 1 aliphatic carbocycles. The van der Waals surface area contributed by atoms with Crippen molar-refractivity contribution in [1.29, 1.82) is 0 Å². The van der Waals surface area contributed by atoms with E-state index in [4.69, 9.17) is 0 Å². The molecule has 0 spiro atoms. The van der Waals surface area contributed by atoms with Crippen molar-refractivity contribution in [2.75, 3.05) is 5.43 Å². The van der Waals surface area contributed by atoms with Crippen molar-refractivity contribution in [2.45, 2.75) is 25.7 Å². The van der Waals surface area contributed by atoms with Gasteiger partial charge in [0.15, 0.2) is 0 Å². The van der Waals surface area contributed by atoms with E-state index < -0.39 is 4.92 Å². The summed E-state index contributed by atoms with van der Waals surface area (Å²) in [5, 5.41) is 10.6. The number of anilines is 1. The molecule has 2 aromatic rings. The van der Waals surface area contributed by atoms with Crippen molar-refractivity contribution in [3.63, 3.8) is 0 Å². The van der Waals surface area contributed by atoms with Gasteiger partial charge in [-0.2, -0.15) is 0 Å². The molecule has 0 unspecified atom stereocenters. The highest BCUT2D eigenvalue weighted by Crippen LogP contribution is 2.21. The van der Waals surface area contributed by atoms with Gasteiger partial charge in [0, 0.05) is 12.1 Å². The number of rotatable bonds is 3. The fraction of sp³-hybridized carbons (Fsp3) is 0.308. The zero-order valence-corrected chi connectivity index (χ0v) is 10.4. The maximum Gasteiger partial charge on any atom is 0.269 e. The van der Waals surface area contributed by atoms with E-state index in [-0.39, 0.29) is 5.69 Å². The highest BCUT2D eigenvalue weighted by atomic mass is 16.6. The number of nitrogens with one attached hydrogen (secondary N) is 1. The topological polar surface area (TPSA) is 73.0 Å². The van der Waals surface area contributed by atoms with Gasteiger partial charge in [0.1, 0.15) is 6.33 Å². The highest BCUT2D eigenvalue weighted by Gasteiger charge is 2.15. The number of imidazole rings is 1. The van der Waals surface area contributed by atoms with E-state index in [2.05, 4.69) is 10.4 Å². The number of nitro benzene ring substituents is 1. The molecule has 1 aromatic carbocycles. The molecule has 1 N–H and O–H groups in total. The lowest BCUT2D eigenvalue weighted by Crippen LogP contribution is -2.14. The largest absolute Gasteiger partial charge is 0.293 e. The summed E-state index contributed by atoms with van der Waals surface area (Å²) in [6, 6.07) is 6.39. The lowest BCUT2D eigenvalue weighted by atomic mass is 10.0. The molecule has 0 fully saturated rings. The number of fused-ring (bicyclic) bond motifs is 1. The maximum absolute atomic E-state index is 10.6. The van der Waals surface area contributed by atoms with Gasteiger partial charge in [0.2, 0.25) is 0 Å². The van der Waals surface area contributed by atoms with Gasteiger partial charge in [-0.3, -0.25) is 15.5 Å². The molecule has 3 rings (SSSR count). The van der Waals surface area contributed by atoms with Gasteiger partial charge in [-0.25, -0.2) is 9.66 Å². The fourth-order valence-corrected chi connectivity index (χ4v) is 2.36. The third-order valence-corrected chi connectivity index (χ3v) is 3.36. The molecular weight excluding hydrogens is 244 g/mol. The first-order valence-corrected chi connectivity index (χ1v) is 6.30. The number of hydrogen-bond acceptors (Lipinski definition) is 4. The Morgan fingerprint density at radius 3 is 2.68 bits per heavy atom. The maximum atomic E-state index is 10.6. The van der Waals surface area contributed by atoms with Crippen molar-refractivity contribution in [2.24, 2.45) is 0 Å². The summed E-state index contributed by atoms with van der Waals surface area (Å²) >= 11 is 0. The van der Waals surface area contributed by atoms with Gasteiger partial charge in [0.05, 0.1) is 22.0 Å². The predicted molar refractivity (Wildman–Crippen MR) is 71.0 cm³/mol. The molecule has 0 aliphatic heterocycles. The second-order valence-electron chi connectivity index (χ2n) is 4.63. The lowest BCUT2D eigenvalue weighted by molar-refractivity contribution is -0.384. The van der Waals surface area contributed by atoms with Crippen LogP contribution in [0.1, 0.15) is 24.2 Å². The van der Waals surface area contributed by atoms with E-state index in [0.29, 0.717) is 0 Å². The molecule has 0 amide bonds. The Labute approximate surface area is 110 Å². The zero-order chi connectivity index (χ0) is 13.2. The molecule has 6 heteroatoms. The minimum Gasteiger partial charge on any atom is -0.293 e. The average Bonchev–Trinajstić information content (AvgIpc) is 2.83. The molecule has 98 valence electrons. The first kappa shape index (κ1) is 11.7. The van der Waals surface area contributed by atoms with E-state index in [1.54, 1.807) is 18.5 Å². The second kappa shape index (κ2) is 4.72. The van der Waals surface area contributed by atoms with Crippen LogP contribution in [0.5, 0.6) is 0 Å². The molecule has 1 aromatic heterocycles. The molecule has 1 aliphatic rings. The van der Waals surface area contributed by atoms with Crippen molar-refractivity contribution < 1.29 is 4.92 Å². The van der Waals surface area contributed by atoms with Crippen molar-refractivity contribution >= 4 is 11.4 Å². The van der Waals surface area contributed by atoms with Crippen LogP contribution in [0.4, 0.5) is 11.4 Å². The number of benzene rings is 1. The average molecular weight is 258 g/mol. The van der Waals surface area contributed by atoms with E-state index in [1.165, 1.54) is 30.7 Å². The van der Waals surface area contributed by atoms with Gasteiger partial charge >= 0.3 is 0 Å². The fourth-order valence-electron chi connectivity index (χ4n) is 2.36. The third kappa shape index (κ3) is 2.29. The molecule has 1 heterocycles. The molecule has 19 heavy (non-hydrogen) atoms. The Kier molecular flexibility index (Phi) is 2.91.